The first-order valence-corrected chi connectivity index (χ1v) is 20.1. The standard InChI is InChI=1S/C46H58N6O2/c1-11-29-25(7)39-41-27(9)31(13-3)43(51-41)44-32(14-4)28(10)42(52-44)40-26(8)30(12-2)38(50-40)22-36-24(6)34(18-16-20-54)46(48-36)45-33(17-15-19-53)23(5)35(47-45)21-37(29)49-39/h21-22,47-50,53-54H,11-20H2,1-10H3. The number of H-pyrrole nitrogens is 4. The van der Waals surface area contributed by atoms with Gasteiger partial charge in [0.25, 0.3) is 0 Å². The lowest BCUT2D eigenvalue weighted by atomic mass is 9.94. The number of nitrogens with zero attached hydrogens (tertiary/aromatic N) is 2. The molecule has 8 heteroatoms. The Labute approximate surface area is 319 Å². The summed E-state index contributed by atoms with van der Waals surface area (Å²) in [6, 6.07) is 0. The minimum Gasteiger partial charge on any atom is -0.396 e. The van der Waals surface area contributed by atoms with E-state index in [9.17, 15) is 10.2 Å². The third kappa shape index (κ3) is 5.89. The number of fused-ring (bicyclic) bond motifs is 12. The smallest absolute Gasteiger partial charge is 0.0932 e. The van der Waals surface area contributed by atoms with Gasteiger partial charge in [0.15, 0.2) is 0 Å². The van der Waals surface area contributed by atoms with Gasteiger partial charge in [0.1, 0.15) is 0 Å². The summed E-state index contributed by atoms with van der Waals surface area (Å²) >= 11 is 0. The van der Waals surface area contributed by atoms with Gasteiger partial charge in [0.2, 0.25) is 0 Å². The zero-order valence-electron chi connectivity index (χ0n) is 34.0. The Morgan fingerprint density at radius 1 is 0.500 bits per heavy atom. The summed E-state index contributed by atoms with van der Waals surface area (Å²) in [5.74, 6) is 0. The second kappa shape index (κ2) is 14.9. The van der Waals surface area contributed by atoms with Gasteiger partial charge in [-0.2, -0.15) is 0 Å². The van der Waals surface area contributed by atoms with Crippen LogP contribution in [0.2, 0.25) is 0 Å². The van der Waals surface area contributed by atoms with Gasteiger partial charge in [0.05, 0.1) is 44.9 Å². The van der Waals surface area contributed by atoms with E-state index in [1.807, 2.05) is 0 Å². The van der Waals surface area contributed by atoms with Crippen molar-refractivity contribution in [2.24, 2.45) is 9.98 Å². The minimum atomic E-state index is 0.128. The molecular weight excluding hydrogens is 669 g/mol. The molecule has 0 aliphatic carbocycles. The fourth-order valence-electron chi connectivity index (χ4n) is 9.30. The molecule has 6 N–H and O–H groups in total. The van der Waals surface area contributed by atoms with Crippen molar-refractivity contribution in [2.75, 3.05) is 13.2 Å². The van der Waals surface area contributed by atoms with Crippen molar-refractivity contribution < 1.29 is 10.2 Å². The van der Waals surface area contributed by atoms with Crippen LogP contribution in [0.4, 0.5) is 0 Å². The van der Waals surface area contributed by atoms with Crippen LogP contribution in [0.3, 0.4) is 0 Å². The van der Waals surface area contributed by atoms with Crippen molar-refractivity contribution in [3.05, 3.63) is 99.6 Å². The first-order chi connectivity index (χ1) is 26.0. The Morgan fingerprint density at radius 2 is 0.889 bits per heavy atom. The predicted molar refractivity (Wildman–Crippen MR) is 224 cm³/mol. The lowest BCUT2D eigenvalue weighted by Gasteiger charge is -2.08. The first kappa shape index (κ1) is 37.6. The zero-order chi connectivity index (χ0) is 38.6. The number of hydrogen-bond donors (Lipinski definition) is 6. The van der Waals surface area contributed by atoms with Crippen molar-refractivity contribution in [3.8, 4) is 11.4 Å². The first-order valence-electron chi connectivity index (χ1n) is 20.1. The number of aliphatic hydroxyl groups is 2. The maximum atomic E-state index is 9.97. The van der Waals surface area contributed by atoms with Gasteiger partial charge < -0.3 is 30.1 Å². The number of aliphatic imine (C=N–C) groups is 2. The van der Waals surface area contributed by atoms with E-state index in [-0.39, 0.29) is 13.2 Å². The molecule has 0 atom stereocenters. The van der Waals surface area contributed by atoms with Crippen molar-refractivity contribution in [1.29, 1.82) is 0 Å². The molecule has 12 bridgehead atoms. The molecule has 284 valence electrons. The SMILES string of the molecule is CCC1=C(C)C2=c3[nH]c(c(CC)c3C)=Cc3[nH]c(c(CCCO)c3C)-c3[nH]c(c(C)c3CCCO)C=c3[nH]c(c(C)c3CC)=C3N=C(C1=N2)C(CC)=C3C. The molecule has 0 aromatic carbocycles. The van der Waals surface area contributed by atoms with E-state index in [0.717, 1.165) is 106 Å². The third-order valence-electron chi connectivity index (χ3n) is 12.4. The van der Waals surface area contributed by atoms with E-state index >= 15 is 0 Å². The van der Waals surface area contributed by atoms with Gasteiger partial charge in [-0.3, -0.25) is 0 Å². The van der Waals surface area contributed by atoms with E-state index in [0.29, 0.717) is 12.8 Å². The molecule has 0 fully saturated rings. The highest BCUT2D eigenvalue weighted by atomic mass is 16.3. The summed E-state index contributed by atoms with van der Waals surface area (Å²) in [5.41, 5.74) is 23.0. The summed E-state index contributed by atoms with van der Waals surface area (Å²) in [6.07, 6.45) is 10.9. The minimum absolute atomic E-state index is 0.128. The molecule has 0 spiro atoms. The van der Waals surface area contributed by atoms with Crippen LogP contribution in [0.25, 0.3) is 34.9 Å². The van der Waals surface area contributed by atoms with E-state index in [4.69, 9.17) is 9.98 Å². The number of allylic oxidation sites excluding steroid dienone is 2. The number of aliphatic hydroxyl groups excluding tert-OH is 2. The van der Waals surface area contributed by atoms with E-state index in [1.165, 1.54) is 66.8 Å². The Hall–Kier alpha value is -4.66. The van der Waals surface area contributed by atoms with Gasteiger partial charge in [-0.1, -0.05) is 27.7 Å². The Morgan fingerprint density at radius 3 is 1.22 bits per heavy atom. The van der Waals surface area contributed by atoms with Crippen LogP contribution in [0.5, 0.6) is 0 Å². The van der Waals surface area contributed by atoms with Crippen LogP contribution in [-0.4, -0.2) is 54.8 Å². The monoisotopic (exact) mass is 726 g/mol. The highest BCUT2D eigenvalue weighted by Crippen LogP contribution is 2.37. The van der Waals surface area contributed by atoms with Gasteiger partial charge >= 0.3 is 0 Å². The van der Waals surface area contributed by atoms with Crippen LogP contribution in [0, 0.1) is 27.7 Å². The van der Waals surface area contributed by atoms with Crippen molar-refractivity contribution in [1.82, 2.24) is 19.9 Å². The quantitative estimate of drug-likeness (QED) is 0.118. The normalized spacial score (nSPS) is 15.3. The van der Waals surface area contributed by atoms with Gasteiger partial charge in [-0.05, 0) is 172 Å². The fraction of sp³-hybridized carbons (Fsp3) is 0.435. The second-order valence-electron chi connectivity index (χ2n) is 15.3. The Kier molecular flexibility index (Phi) is 10.4. The topological polar surface area (TPSA) is 128 Å². The molecule has 7 heterocycles. The Bertz CT molecular complexity index is 2390. The molecule has 4 aromatic rings. The molecule has 0 amide bonds. The summed E-state index contributed by atoms with van der Waals surface area (Å²) in [5, 5.41) is 24.3. The van der Waals surface area contributed by atoms with Crippen LogP contribution in [0.15, 0.2) is 32.3 Å². The summed E-state index contributed by atoms with van der Waals surface area (Å²) in [6.45, 7) is 22.4. The molecule has 0 unspecified atom stereocenters. The van der Waals surface area contributed by atoms with Crippen molar-refractivity contribution in [3.63, 3.8) is 0 Å². The Balaban J connectivity index is 1.67. The zero-order valence-corrected chi connectivity index (χ0v) is 34.0. The number of aromatic nitrogens is 4. The van der Waals surface area contributed by atoms with Crippen LogP contribution < -0.4 is 21.4 Å². The number of rotatable bonds is 10. The summed E-state index contributed by atoms with van der Waals surface area (Å²) in [7, 11) is 0. The van der Waals surface area contributed by atoms with Gasteiger partial charge in [0, 0.05) is 35.3 Å². The van der Waals surface area contributed by atoms with Crippen LogP contribution >= 0.6 is 0 Å². The molecule has 0 saturated heterocycles. The molecule has 0 saturated carbocycles. The van der Waals surface area contributed by atoms with Crippen molar-refractivity contribution >= 4 is 35.0 Å². The molecule has 7 rings (SSSR count). The fourth-order valence-corrected chi connectivity index (χ4v) is 9.30. The number of hydrogen-bond acceptors (Lipinski definition) is 4. The van der Waals surface area contributed by atoms with Crippen LogP contribution in [0.1, 0.15) is 123 Å². The average Bonchev–Trinajstić information content (AvgIpc) is 3.97. The molecule has 8 nitrogen and oxygen atoms in total. The van der Waals surface area contributed by atoms with E-state index in [1.54, 1.807) is 0 Å². The molecule has 3 aliphatic rings. The lowest BCUT2D eigenvalue weighted by molar-refractivity contribution is 0.288. The maximum Gasteiger partial charge on any atom is 0.0932 e. The average molecular weight is 727 g/mol. The molecule has 3 aliphatic heterocycles. The lowest BCUT2D eigenvalue weighted by Crippen LogP contribution is -2.16. The largest absolute Gasteiger partial charge is 0.396 e. The maximum absolute atomic E-state index is 9.97. The van der Waals surface area contributed by atoms with E-state index < -0.39 is 0 Å². The molecule has 4 aromatic heterocycles. The third-order valence-corrected chi connectivity index (χ3v) is 12.4. The van der Waals surface area contributed by atoms with Gasteiger partial charge in [-0.15, -0.1) is 0 Å². The highest BCUT2D eigenvalue weighted by Gasteiger charge is 2.32. The summed E-state index contributed by atoms with van der Waals surface area (Å²) in [4.78, 5) is 26.4. The summed E-state index contributed by atoms with van der Waals surface area (Å²) < 4.78 is 0. The van der Waals surface area contributed by atoms with Crippen LogP contribution in [-0.2, 0) is 25.7 Å². The number of aromatic amines is 4. The predicted octanol–water partition coefficient (Wildman–Crippen LogP) is 6.12. The second-order valence-corrected chi connectivity index (χ2v) is 15.3. The highest BCUT2D eigenvalue weighted by molar-refractivity contribution is 6.57. The molecule has 54 heavy (non-hydrogen) atoms. The van der Waals surface area contributed by atoms with Gasteiger partial charge in [-0.25, -0.2) is 9.98 Å². The molecule has 0 radical (unpaired) electrons. The number of nitrogens with one attached hydrogen (secondary N) is 4. The molecular formula is C46H58N6O2. The van der Waals surface area contributed by atoms with E-state index in [2.05, 4.69) is 101 Å². The van der Waals surface area contributed by atoms with Crippen molar-refractivity contribution in [2.45, 2.75) is 121 Å².